The summed E-state index contributed by atoms with van der Waals surface area (Å²) in [7, 11) is 0. The molecule has 1 atom stereocenters. The Bertz CT molecular complexity index is 958. The number of para-hydroxylation sites is 1. The highest BCUT2D eigenvalue weighted by molar-refractivity contribution is 6.51. The number of fused-ring (bicyclic) bond motifs is 1. The standard InChI is InChI=1S/C21H17ClN2O/c1-14-20-19(24(23-14)16-10-6-3-7-11-16)12-17(18(13-25)21(20)22)15-8-4-2-5-9-15/h2-11,13,17H,12H2,1H3/t17-/m0/s1. The summed E-state index contributed by atoms with van der Waals surface area (Å²) < 4.78 is 1.95. The van der Waals surface area contributed by atoms with Gasteiger partial charge in [0.2, 0.25) is 0 Å². The van der Waals surface area contributed by atoms with Gasteiger partial charge >= 0.3 is 0 Å². The van der Waals surface area contributed by atoms with Crippen molar-refractivity contribution in [1.29, 1.82) is 0 Å². The van der Waals surface area contributed by atoms with Crippen LogP contribution >= 0.6 is 11.6 Å². The van der Waals surface area contributed by atoms with Gasteiger partial charge in [0, 0.05) is 23.5 Å². The molecule has 4 heteroatoms. The Kier molecular flexibility index (Phi) is 4.02. The van der Waals surface area contributed by atoms with Crippen molar-refractivity contribution in [3.63, 3.8) is 0 Å². The lowest BCUT2D eigenvalue weighted by atomic mass is 9.81. The normalized spacial score (nSPS) is 16.6. The van der Waals surface area contributed by atoms with E-state index in [0.29, 0.717) is 17.0 Å². The predicted molar refractivity (Wildman–Crippen MR) is 100 cm³/mol. The van der Waals surface area contributed by atoms with Crippen LogP contribution in [0.1, 0.15) is 28.4 Å². The van der Waals surface area contributed by atoms with Crippen LogP contribution in [0.25, 0.3) is 10.7 Å². The molecule has 0 saturated heterocycles. The van der Waals surface area contributed by atoms with Gasteiger partial charge in [0.1, 0.15) is 6.29 Å². The summed E-state index contributed by atoms with van der Waals surface area (Å²) in [6.07, 6.45) is 1.58. The Labute approximate surface area is 151 Å². The lowest BCUT2D eigenvalue weighted by Crippen LogP contribution is -2.17. The van der Waals surface area contributed by atoms with Crippen LogP contribution in [-0.4, -0.2) is 16.1 Å². The Morgan fingerprint density at radius 3 is 2.36 bits per heavy atom. The van der Waals surface area contributed by atoms with E-state index in [1.807, 2.05) is 72.3 Å². The molecule has 0 fully saturated rings. The van der Waals surface area contributed by atoms with Crippen LogP contribution in [0, 0.1) is 6.92 Å². The lowest BCUT2D eigenvalue weighted by Gasteiger charge is -2.25. The number of halogens is 1. The first-order valence-electron chi connectivity index (χ1n) is 8.24. The van der Waals surface area contributed by atoms with Crippen LogP contribution in [0.2, 0.25) is 0 Å². The molecule has 124 valence electrons. The largest absolute Gasteiger partial charge is 0.298 e. The van der Waals surface area contributed by atoms with Crippen molar-refractivity contribution < 1.29 is 4.79 Å². The number of aldehydes is 1. The zero-order valence-corrected chi connectivity index (χ0v) is 14.6. The highest BCUT2D eigenvalue weighted by Gasteiger charge is 2.32. The highest BCUT2D eigenvalue weighted by atomic mass is 35.5. The second kappa shape index (κ2) is 6.34. The van der Waals surface area contributed by atoms with Gasteiger partial charge in [-0.25, -0.2) is 4.68 Å². The van der Waals surface area contributed by atoms with Gasteiger partial charge in [-0.15, -0.1) is 0 Å². The van der Waals surface area contributed by atoms with E-state index in [2.05, 4.69) is 0 Å². The number of nitrogens with zero attached hydrogens (tertiary/aromatic N) is 2. The molecule has 0 saturated carbocycles. The van der Waals surface area contributed by atoms with Crippen molar-refractivity contribution in [2.75, 3.05) is 0 Å². The molecule has 3 nitrogen and oxygen atoms in total. The molecule has 4 rings (SSSR count). The zero-order valence-electron chi connectivity index (χ0n) is 13.8. The topological polar surface area (TPSA) is 34.9 Å². The molecular formula is C21H17ClN2O. The number of hydrogen-bond donors (Lipinski definition) is 0. The summed E-state index contributed by atoms with van der Waals surface area (Å²) in [4.78, 5) is 11.8. The number of aryl methyl sites for hydroxylation is 1. The van der Waals surface area contributed by atoms with Gasteiger partial charge in [-0.1, -0.05) is 60.1 Å². The van der Waals surface area contributed by atoms with Gasteiger partial charge in [-0.2, -0.15) is 5.10 Å². The van der Waals surface area contributed by atoms with Crippen molar-refractivity contribution >= 4 is 22.9 Å². The lowest BCUT2D eigenvalue weighted by molar-refractivity contribution is -0.105. The first-order chi connectivity index (χ1) is 12.2. The average Bonchev–Trinajstić information content (AvgIpc) is 3.00. The van der Waals surface area contributed by atoms with E-state index in [-0.39, 0.29) is 5.92 Å². The van der Waals surface area contributed by atoms with E-state index >= 15 is 0 Å². The molecule has 1 heterocycles. The second-order valence-corrected chi connectivity index (χ2v) is 6.59. The van der Waals surface area contributed by atoms with Crippen molar-refractivity contribution in [3.8, 4) is 5.69 Å². The molecule has 2 aromatic carbocycles. The number of carbonyl (C=O) groups is 1. The quantitative estimate of drug-likeness (QED) is 0.645. The minimum atomic E-state index is -0.0581. The fourth-order valence-electron chi connectivity index (χ4n) is 3.55. The number of benzene rings is 2. The zero-order chi connectivity index (χ0) is 17.4. The van der Waals surface area contributed by atoms with E-state index in [0.717, 1.165) is 34.5 Å². The molecule has 3 aromatic rings. The van der Waals surface area contributed by atoms with Gasteiger partial charge in [-0.3, -0.25) is 4.79 Å². The first kappa shape index (κ1) is 15.9. The van der Waals surface area contributed by atoms with E-state index in [9.17, 15) is 4.79 Å². The third-order valence-corrected chi connectivity index (χ3v) is 5.14. The fourth-order valence-corrected chi connectivity index (χ4v) is 3.97. The number of hydrogen-bond acceptors (Lipinski definition) is 2. The monoisotopic (exact) mass is 348 g/mol. The van der Waals surface area contributed by atoms with E-state index in [1.54, 1.807) is 0 Å². The molecular weight excluding hydrogens is 332 g/mol. The molecule has 0 spiro atoms. The molecule has 0 unspecified atom stereocenters. The maximum Gasteiger partial charge on any atom is 0.148 e. The van der Waals surface area contributed by atoms with Gasteiger partial charge < -0.3 is 0 Å². The third-order valence-electron chi connectivity index (χ3n) is 4.73. The molecule has 1 aliphatic carbocycles. The van der Waals surface area contributed by atoms with Gasteiger partial charge in [0.15, 0.2) is 0 Å². The van der Waals surface area contributed by atoms with E-state index in [1.165, 1.54) is 0 Å². The van der Waals surface area contributed by atoms with Crippen LogP contribution < -0.4 is 0 Å². The van der Waals surface area contributed by atoms with Crippen LogP contribution in [0.3, 0.4) is 0 Å². The Hall–Kier alpha value is -2.65. The predicted octanol–water partition coefficient (Wildman–Crippen LogP) is 4.67. The van der Waals surface area contributed by atoms with Crippen LogP contribution in [0.15, 0.2) is 66.2 Å². The molecule has 1 aromatic heterocycles. The van der Waals surface area contributed by atoms with Crippen molar-refractivity contribution in [2.45, 2.75) is 19.3 Å². The molecule has 25 heavy (non-hydrogen) atoms. The number of rotatable bonds is 3. The molecule has 1 aliphatic rings. The SMILES string of the molecule is Cc1nn(-c2ccccc2)c2c1C(Cl)=C(C=O)[C@H](c1ccccc1)C2. The molecule has 0 N–H and O–H groups in total. The summed E-state index contributed by atoms with van der Waals surface area (Å²) in [6, 6.07) is 20.0. The van der Waals surface area contributed by atoms with Gasteiger partial charge in [0.05, 0.1) is 22.1 Å². The highest BCUT2D eigenvalue weighted by Crippen LogP contribution is 2.43. The summed E-state index contributed by atoms with van der Waals surface area (Å²) in [5.41, 5.74) is 5.50. The number of aromatic nitrogens is 2. The van der Waals surface area contributed by atoms with E-state index in [4.69, 9.17) is 16.7 Å². The van der Waals surface area contributed by atoms with Crippen LogP contribution in [0.5, 0.6) is 0 Å². The Balaban J connectivity index is 1.92. The fraction of sp³-hybridized carbons (Fsp3) is 0.143. The first-order valence-corrected chi connectivity index (χ1v) is 8.62. The molecule has 0 aliphatic heterocycles. The molecule has 0 bridgehead atoms. The number of carbonyl (C=O) groups excluding carboxylic acids is 1. The average molecular weight is 349 g/mol. The summed E-state index contributed by atoms with van der Waals surface area (Å²) >= 11 is 6.66. The van der Waals surface area contributed by atoms with Crippen LogP contribution in [0.4, 0.5) is 0 Å². The molecule has 0 amide bonds. The Morgan fingerprint density at radius 2 is 1.72 bits per heavy atom. The van der Waals surface area contributed by atoms with Crippen molar-refractivity contribution in [2.24, 2.45) is 0 Å². The van der Waals surface area contributed by atoms with E-state index < -0.39 is 0 Å². The summed E-state index contributed by atoms with van der Waals surface area (Å²) in [5.74, 6) is -0.0581. The minimum Gasteiger partial charge on any atom is -0.298 e. The third kappa shape index (κ3) is 2.61. The smallest absolute Gasteiger partial charge is 0.148 e. The minimum absolute atomic E-state index is 0.0581. The van der Waals surface area contributed by atoms with Crippen molar-refractivity contribution in [3.05, 3.63) is 88.8 Å². The Morgan fingerprint density at radius 1 is 1.08 bits per heavy atom. The number of allylic oxidation sites excluding steroid dienone is 1. The summed E-state index contributed by atoms with van der Waals surface area (Å²) in [6.45, 7) is 1.94. The van der Waals surface area contributed by atoms with Gasteiger partial charge in [-0.05, 0) is 24.6 Å². The summed E-state index contributed by atoms with van der Waals surface area (Å²) in [5, 5.41) is 5.21. The maximum atomic E-state index is 11.8. The van der Waals surface area contributed by atoms with Crippen molar-refractivity contribution in [1.82, 2.24) is 9.78 Å². The van der Waals surface area contributed by atoms with Crippen LogP contribution in [-0.2, 0) is 11.2 Å². The second-order valence-electron chi connectivity index (χ2n) is 6.21. The molecule has 0 radical (unpaired) electrons. The maximum absolute atomic E-state index is 11.8. The van der Waals surface area contributed by atoms with Gasteiger partial charge in [0.25, 0.3) is 0 Å².